The Morgan fingerprint density at radius 2 is 2.12 bits per heavy atom. The van der Waals surface area contributed by atoms with Gasteiger partial charge in [0.2, 0.25) is 0 Å². The molecule has 2 heterocycles. The predicted octanol–water partition coefficient (Wildman–Crippen LogP) is 2.98. The number of aryl methyl sites for hydroxylation is 1. The number of hydrogen-bond acceptors (Lipinski definition) is 3. The average Bonchev–Trinajstić information content (AvgIpc) is 2.91. The molecule has 1 saturated heterocycles. The number of benzene rings is 1. The van der Waals surface area contributed by atoms with Gasteiger partial charge in [-0.05, 0) is 18.4 Å². The molecule has 1 aromatic heterocycles. The van der Waals surface area contributed by atoms with Crippen molar-refractivity contribution in [2.24, 2.45) is 7.05 Å². The summed E-state index contributed by atoms with van der Waals surface area (Å²) in [6.45, 7) is 1.14. The third-order valence-corrected chi connectivity index (χ3v) is 4.42. The highest BCUT2D eigenvalue weighted by Crippen LogP contribution is 2.19. The highest BCUT2D eigenvalue weighted by molar-refractivity contribution is 5.75. The second-order valence-electron chi connectivity index (χ2n) is 6.37. The van der Waals surface area contributed by atoms with E-state index in [0.29, 0.717) is 12.4 Å². The minimum absolute atomic E-state index is 0.0444. The lowest BCUT2D eigenvalue weighted by molar-refractivity contribution is 0.186. The number of carbonyl (C=O) groups is 1. The molecule has 2 aromatic rings. The van der Waals surface area contributed by atoms with Crippen molar-refractivity contribution in [1.82, 2.24) is 25.0 Å². The summed E-state index contributed by atoms with van der Waals surface area (Å²) in [5.41, 5.74) is 1.16. The van der Waals surface area contributed by atoms with Crippen molar-refractivity contribution < 1.29 is 4.79 Å². The standard InChI is InChI=1S/C19H25N5O/c1-23-15-21-18(22-23)14-20-19(25)24-13-7-3-6-10-17(24)12-11-16-8-4-2-5-9-16/h2,4-5,8-9,11-12,15,17H,3,6-7,10,13-14H2,1H3,(H,20,25). The lowest BCUT2D eigenvalue weighted by Gasteiger charge is -2.28. The van der Waals surface area contributed by atoms with Crippen molar-refractivity contribution in [1.29, 1.82) is 0 Å². The summed E-state index contributed by atoms with van der Waals surface area (Å²) >= 11 is 0. The van der Waals surface area contributed by atoms with Crippen molar-refractivity contribution >= 4 is 12.1 Å². The van der Waals surface area contributed by atoms with Crippen LogP contribution in [0.1, 0.15) is 37.1 Å². The molecule has 1 unspecified atom stereocenters. The summed E-state index contributed by atoms with van der Waals surface area (Å²) in [6, 6.07) is 10.3. The van der Waals surface area contributed by atoms with Crippen LogP contribution in [0.4, 0.5) is 4.79 Å². The molecule has 0 aliphatic carbocycles. The molecule has 1 fully saturated rings. The Kier molecular flexibility index (Phi) is 5.82. The number of aromatic nitrogens is 3. The van der Waals surface area contributed by atoms with Gasteiger partial charge < -0.3 is 10.2 Å². The Hall–Kier alpha value is -2.63. The first kappa shape index (κ1) is 17.2. The molecule has 6 nitrogen and oxygen atoms in total. The molecule has 1 aromatic carbocycles. The summed E-state index contributed by atoms with van der Waals surface area (Å²) < 4.78 is 1.64. The largest absolute Gasteiger partial charge is 0.331 e. The van der Waals surface area contributed by atoms with Crippen LogP contribution in [0, 0.1) is 0 Å². The topological polar surface area (TPSA) is 63.1 Å². The molecule has 1 aliphatic heterocycles. The molecular formula is C19H25N5O. The molecule has 6 heteroatoms. The molecule has 25 heavy (non-hydrogen) atoms. The van der Waals surface area contributed by atoms with Crippen LogP contribution in [0.5, 0.6) is 0 Å². The maximum absolute atomic E-state index is 12.7. The van der Waals surface area contributed by atoms with Gasteiger partial charge >= 0.3 is 6.03 Å². The molecule has 1 N–H and O–H groups in total. The number of carbonyl (C=O) groups excluding carboxylic acids is 1. The third-order valence-electron chi connectivity index (χ3n) is 4.42. The lowest BCUT2D eigenvalue weighted by Crippen LogP contribution is -2.45. The number of likely N-dealkylation sites (tertiary alicyclic amines) is 1. The summed E-state index contributed by atoms with van der Waals surface area (Å²) in [7, 11) is 1.82. The number of rotatable bonds is 4. The van der Waals surface area contributed by atoms with E-state index in [1.54, 1.807) is 11.0 Å². The predicted molar refractivity (Wildman–Crippen MR) is 97.7 cm³/mol. The zero-order valence-corrected chi connectivity index (χ0v) is 14.6. The van der Waals surface area contributed by atoms with E-state index in [2.05, 4.69) is 39.7 Å². The average molecular weight is 339 g/mol. The highest BCUT2D eigenvalue weighted by atomic mass is 16.2. The SMILES string of the molecule is Cn1cnc(CNC(=O)N2CCCCCC2C=Cc2ccccc2)n1. The van der Waals surface area contributed by atoms with Crippen molar-refractivity contribution in [3.8, 4) is 0 Å². The number of amides is 2. The van der Waals surface area contributed by atoms with Crippen molar-refractivity contribution in [3.63, 3.8) is 0 Å². The van der Waals surface area contributed by atoms with E-state index in [-0.39, 0.29) is 12.1 Å². The second-order valence-corrected chi connectivity index (χ2v) is 6.37. The van der Waals surface area contributed by atoms with Crippen LogP contribution in [0.2, 0.25) is 0 Å². The summed E-state index contributed by atoms with van der Waals surface area (Å²) in [6.07, 6.45) is 10.3. The van der Waals surface area contributed by atoms with Gasteiger partial charge in [0.25, 0.3) is 0 Å². The molecule has 3 rings (SSSR count). The fraction of sp³-hybridized carbons (Fsp3) is 0.421. The number of urea groups is 1. The van der Waals surface area contributed by atoms with Crippen molar-refractivity contribution in [3.05, 3.63) is 54.1 Å². The van der Waals surface area contributed by atoms with Gasteiger partial charge in [-0.3, -0.25) is 4.68 Å². The first-order chi connectivity index (χ1) is 12.2. The molecule has 1 atom stereocenters. The second kappa shape index (κ2) is 8.46. The molecule has 0 radical (unpaired) electrons. The molecule has 0 bridgehead atoms. The van der Waals surface area contributed by atoms with E-state index in [1.165, 1.54) is 6.42 Å². The van der Waals surface area contributed by atoms with Gasteiger partial charge in [0.15, 0.2) is 5.82 Å². The van der Waals surface area contributed by atoms with E-state index in [4.69, 9.17) is 0 Å². The molecule has 132 valence electrons. The van der Waals surface area contributed by atoms with E-state index >= 15 is 0 Å². The number of hydrogen-bond donors (Lipinski definition) is 1. The van der Waals surface area contributed by atoms with Crippen LogP contribution in [0.15, 0.2) is 42.7 Å². The smallest absolute Gasteiger partial charge is 0.318 e. The van der Waals surface area contributed by atoms with E-state index in [0.717, 1.165) is 31.4 Å². The quantitative estimate of drug-likeness (QED) is 0.931. The van der Waals surface area contributed by atoms with Gasteiger partial charge in [-0.15, -0.1) is 0 Å². The normalized spacial score (nSPS) is 18.3. The van der Waals surface area contributed by atoms with Gasteiger partial charge in [0.05, 0.1) is 12.6 Å². The van der Waals surface area contributed by atoms with Crippen LogP contribution in [-0.4, -0.2) is 38.3 Å². The zero-order valence-electron chi connectivity index (χ0n) is 14.6. The zero-order chi connectivity index (χ0) is 17.5. The first-order valence-corrected chi connectivity index (χ1v) is 8.84. The van der Waals surface area contributed by atoms with Gasteiger partial charge in [-0.2, -0.15) is 5.10 Å². The Balaban J connectivity index is 1.64. The summed E-state index contributed by atoms with van der Waals surface area (Å²) in [4.78, 5) is 18.8. The molecule has 0 saturated carbocycles. The summed E-state index contributed by atoms with van der Waals surface area (Å²) in [5, 5.41) is 7.15. The first-order valence-electron chi connectivity index (χ1n) is 8.84. The van der Waals surface area contributed by atoms with Gasteiger partial charge in [-0.1, -0.05) is 55.3 Å². The van der Waals surface area contributed by atoms with Gasteiger partial charge in [0.1, 0.15) is 6.33 Å². The molecule has 1 aliphatic rings. The Labute approximate surface area is 148 Å². The lowest BCUT2D eigenvalue weighted by atomic mass is 10.1. The monoisotopic (exact) mass is 339 g/mol. The Bertz CT molecular complexity index is 710. The maximum atomic E-state index is 12.7. The minimum atomic E-state index is -0.0444. The third kappa shape index (κ3) is 4.92. The molecular weight excluding hydrogens is 314 g/mol. The van der Waals surface area contributed by atoms with Crippen LogP contribution >= 0.6 is 0 Å². The van der Waals surface area contributed by atoms with Crippen molar-refractivity contribution in [2.45, 2.75) is 38.3 Å². The fourth-order valence-corrected chi connectivity index (χ4v) is 3.09. The molecule has 2 amide bonds. The van der Waals surface area contributed by atoms with E-state index < -0.39 is 0 Å². The van der Waals surface area contributed by atoms with Gasteiger partial charge in [-0.25, -0.2) is 9.78 Å². The highest BCUT2D eigenvalue weighted by Gasteiger charge is 2.23. The van der Waals surface area contributed by atoms with Crippen LogP contribution in [0.3, 0.4) is 0 Å². The number of nitrogens with one attached hydrogen (secondary N) is 1. The Morgan fingerprint density at radius 3 is 2.88 bits per heavy atom. The van der Waals surface area contributed by atoms with Gasteiger partial charge in [0, 0.05) is 13.6 Å². The number of nitrogens with zero attached hydrogens (tertiary/aromatic N) is 4. The summed E-state index contributed by atoms with van der Waals surface area (Å²) in [5.74, 6) is 0.627. The minimum Gasteiger partial charge on any atom is -0.331 e. The molecule has 0 spiro atoms. The Morgan fingerprint density at radius 1 is 1.28 bits per heavy atom. The van der Waals surface area contributed by atoms with Crippen molar-refractivity contribution in [2.75, 3.05) is 6.54 Å². The van der Waals surface area contributed by atoms with Crippen LogP contribution < -0.4 is 5.32 Å². The van der Waals surface area contributed by atoms with E-state index in [1.807, 2.05) is 30.1 Å². The van der Waals surface area contributed by atoms with E-state index in [9.17, 15) is 4.79 Å². The fourth-order valence-electron chi connectivity index (χ4n) is 3.09. The van der Waals surface area contributed by atoms with Crippen LogP contribution in [0.25, 0.3) is 6.08 Å². The maximum Gasteiger partial charge on any atom is 0.318 e. The van der Waals surface area contributed by atoms with Crippen LogP contribution in [-0.2, 0) is 13.6 Å².